The van der Waals surface area contributed by atoms with Crippen molar-refractivity contribution in [2.75, 3.05) is 4.90 Å². The maximum absolute atomic E-state index is 2.33. The molecule has 0 saturated heterocycles. The first-order valence-corrected chi connectivity index (χ1v) is 11.3. The molecule has 4 rings (SSSR count). The van der Waals surface area contributed by atoms with Gasteiger partial charge in [-0.2, -0.15) is 0 Å². The molecule has 0 aliphatic carbocycles. The smallest absolute Gasteiger partial charge is 0.0462 e. The SMILES string of the molecule is Cc1ccc(N(c2ccc(-c3ccc(C)s3)cc2)c2ccc(C(C)(C)C)cc2)cc1. The van der Waals surface area contributed by atoms with Crippen molar-refractivity contribution in [3.8, 4) is 10.4 Å². The lowest BCUT2D eigenvalue weighted by Gasteiger charge is -2.27. The molecule has 0 bridgehead atoms. The Hall–Kier alpha value is -2.84. The summed E-state index contributed by atoms with van der Waals surface area (Å²) in [4.78, 5) is 4.99. The van der Waals surface area contributed by atoms with Gasteiger partial charge in [-0.1, -0.05) is 62.7 Å². The van der Waals surface area contributed by atoms with Crippen LogP contribution in [0.25, 0.3) is 10.4 Å². The van der Waals surface area contributed by atoms with Gasteiger partial charge in [0, 0.05) is 26.8 Å². The highest BCUT2D eigenvalue weighted by Crippen LogP contribution is 2.37. The van der Waals surface area contributed by atoms with E-state index in [-0.39, 0.29) is 5.41 Å². The van der Waals surface area contributed by atoms with E-state index in [0.717, 1.165) is 0 Å². The molecule has 0 fully saturated rings. The van der Waals surface area contributed by atoms with E-state index >= 15 is 0 Å². The molecule has 0 saturated carbocycles. The first-order valence-electron chi connectivity index (χ1n) is 10.5. The van der Waals surface area contributed by atoms with Crippen LogP contribution < -0.4 is 4.90 Å². The third-order valence-corrected chi connectivity index (χ3v) is 6.48. The topological polar surface area (TPSA) is 3.24 Å². The van der Waals surface area contributed by atoms with E-state index in [1.54, 1.807) is 0 Å². The molecule has 0 amide bonds. The number of hydrogen-bond donors (Lipinski definition) is 0. The average molecular weight is 412 g/mol. The molecule has 0 unspecified atom stereocenters. The number of aryl methyl sites for hydroxylation is 2. The third kappa shape index (κ3) is 4.34. The zero-order valence-electron chi connectivity index (χ0n) is 18.4. The van der Waals surface area contributed by atoms with Crippen LogP contribution in [-0.2, 0) is 5.41 Å². The number of benzene rings is 3. The second-order valence-corrected chi connectivity index (χ2v) is 10.2. The van der Waals surface area contributed by atoms with Gasteiger partial charge in [0.1, 0.15) is 0 Å². The first-order chi connectivity index (χ1) is 14.3. The minimum Gasteiger partial charge on any atom is -0.311 e. The zero-order valence-corrected chi connectivity index (χ0v) is 19.3. The molecule has 1 aromatic heterocycles. The van der Waals surface area contributed by atoms with Crippen LogP contribution in [0, 0.1) is 13.8 Å². The summed E-state index contributed by atoms with van der Waals surface area (Å²) in [6, 6.07) is 31.0. The van der Waals surface area contributed by atoms with E-state index in [0.29, 0.717) is 0 Å². The van der Waals surface area contributed by atoms with Gasteiger partial charge in [0.2, 0.25) is 0 Å². The minimum absolute atomic E-state index is 0.147. The Kier molecular flexibility index (Phi) is 5.53. The number of nitrogens with zero attached hydrogens (tertiary/aromatic N) is 1. The summed E-state index contributed by atoms with van der Waals surface area (Å²) in [5.41, 5.74) is 7.54. The summed E-state index contributed by atoms with van der Waals surface area (Å²) in [6.07, 6.45) is 0. The van der Waals surface area contributed by atoms with Crippen molar-refractivity contribution in [2.24, 2.45) is 0 Å². The van der Waals surface area contributed by atoms with Gasteiger partial charge in [-0.3, -0.25) is 0 Å². The number of thiophene rings is 1. The molecule has 1 heterocycles. The summed E-state index contributed by atoms with van der Waals surface area (Å²) in [6.45, 7) is 11.0. The second kappa shape index (κ2) is 8.12. The predicted molar refractivity (Wildman–Crippen MR) is 133 cm³/mol. The van der Waals surface area contributed by atoms with E-state index in [1.807, 2.05) is 11.3 Å². The molecule has 1 nitrogen and oxygen atoms in total. The quantitative estimate of drug-likeness (QED) is 0.324. The van der Waals surface area contributed by atoms with Crippen molar-refractivity contribution in [1.29, 1.82) is 0 Å². The fourth-order valence-electron chi connectivity index (χ4n) is 3.62. The lowest BCUT2D eigenvalue weighted by Crippen LogP contribution is -2.13. The van der Waals surface area contributed by atoms with Crippen LogP contribution in [0.1, 0.15) is 36.8 Å². The van der Waals surface area contributed by atoms with Gasteiger partial charge in [-0.05, 0) is 78.9 Å². The van der Waals surface area contributed by atoms with Gasteiger partial charge >= 0.3 is 0 Å². The van der Waals surface area contributed by atoms with Crippen LogP contribution in [-0.4, -0.2) is 0 Å². The van der Waals surface area contributed by atoms with Crippen molar-refractivity contribution < 1.29 is 0 Å². The van der Waals surface area contributed by atoms with E-state index in [1.165, 1.54) is 43.5 Å². The molecule has 0 atom stereocenters. The zero-order chi connectivity index (χ0) is 21.3. The fraction of sp³-hybridized carbons (Fsp3) is 0.214. The maximum Gasteiger partial charge on any atom is 0.0462 e. The highest BCUT2D eigenvalue weighted by Gasteiger charge is 2.16. The maximum atomic E-state index is 2.33. The molecule has 152 valence electrons. The summed E-state index contributed by atoms with van der Waals surface area (Å²) in [5.74, 6) is 0. The molecule has 2 heteroatoms. The Balaban J connectivity index is 1.75. The van der Waals surface area contributed by atoms with E-state index in [9.17, 15) is 0 Å². The predicted octanol–water partition coefficient (Wildman–Crippen LogP) is 8.80. The Morgan fingerprint density at radius 2 is 1.10 bits per heavy atom. The molecule has 0 aliphatic heterocycles. The van der Waals surface area contributed by atoms with Crippen LogP contribution in [0.2, 0.25) is 0 Å². The Bertz CT molecular complexity index is 1110. The van der Waals surface area contributed by atoms with Crippen LogP contribution in [0.4, 0.5) is 17.1 Å². The Labute approximate surface area is 184 Å². The molecule has 0 aliphatic rings. The molecule has 0 N–H and O–H groups in total. The van der Waals surface area contributed by atoms with Crippen LogP contribution in [0.15, 0.2) is 84.9 Å². The molecule has 0 spiro atoms. The number of hydrogen-bond acceptors (Lipinski definition) is 2. The fourth-order valence-corrected chi connectivity index (χ4v) is 4.49. The van der Waals surface area contributed by atoms with Crippen molar-refractivity contribution in [2.45, 2.75) is 40.0 Å². The molecule has 30 heavy (non-hydrogen) atoms. The van der Waals surface area contributed by atoms with E-state index in [2.05, 4.69) is 124 Å². The van der Waals surface area contributed by atoms with Crippen LogP contribution >= 0.6 is 11.3 Å². The van der Waals surface area contributed by atoms with E-state index < -0.39 is 0 Å². The van der Waals surface area contributed by atoms with Crippen molar-refractivity contribution in [1.82, 2.24) is 0 Å². The minimum atomic E-state index is 0.147. The van der Waals surface area contributed by atoms with Gasteiger partial charge < -0.3 is 4.90 Å². The van der Waals surface area contributed by atoms with Gasteiger partial charge in [-0.25, -0.2) is 0 Å². The molecule has 4 aromatic rings. The molecule has 3 aromatic carbocycles. The summed E-state index contributed by atoms with van der Waals surface area (Å²) >= 11 is 1.84. The summed E-state index contributed by atoms with van der Waals surface area (Å²) in [5, 5.41) is 0. The van der Waals surface area contributed by atoms with Crippen molar-refractivity contribution >= 4 is 28.4 Å². The lowest BCUT2D eigenvalue weighted by molar-refractivity contribution is 0.590. The van der Waals surface area contributed by atoms with E-state index in [4.69, 9.17) is 0 Å². The monoisotopic (exact) mass is 411 g/mol. The highest BCUT2D eigenvalue weighted by atomic mass is 32.1. The van der Waals surface area contributed by atoms with Crippen LogP contribution in [0.3, 0.4) is 0 Å². The van der Waals surface area contributed by atoms with Crippen molar-refractivity contribution in [3.63, 3.8) is 0 Å². The molecule has 0 radical (unpaired) electrons. The van der Waals surface area contributed by atoms with Crippen LogP contribution in [0.5, 0.6) is 0 Å². The Morgan fingerprint density at radius 3 is 1.57 bits per heavy atom. The normalized spacial score (nSPS) is 11.5. The van der Waals surface area contributed by atoms with Gasteiger partial charge in [0.05, 0.1) is 0 Å². The number of anilines is 3. The lowest BCUT2D eigenvalue weighted by atomic mass is 9.87. The summed E-state index contributed by atoms with van der Waals surface area (Å²) < 4.78 is 0. The highest BCUT2D eigenvalue weighted by molar-refractivity contribution is 7.15. The largest absolute Gasteiger partial charge is 0.311 e. The van der Waals surface area contributed by atoms with Crippen molar-refractivity contribution in [3.05, 3.63) is 101 Å². The first kappa shape index (κ1) is 20.4. The molecular weight excluding hydrogens is 382 g/mol. The third-order valence-electron chi connectivity index (χ3n) is 5.43. The molecular formula is C28H29NS. The van der Waals surface area contributed by atoms with Gasteiger partial charge in [-0.15, -0.1) is 11.3 Å². The second-order valence-electron chi connectivity index (χ2n) is 8.93. The van der Waals surface area contributed by atoms with Gasteiger partial charge in [0.15, 0.2) is 0 Å². The standard InChI is InChI=1S/C28H29NS/c1-20-6-13-24(14-7-20)29(26-17-11-23(12-18-26)28(3,4)5)25-15-9-22(10-16-25)27-19-8-21(2)30-27/h6-19H,1-5H3. The average Bonchev–Trinajstić information content (AvgIpc) is 3.16. The summed E-state index contributed by atoms with van der Waals surface area (Å²) in [7, 11) is 0. The van der Waals surface area contributed by atoms with Gasteiger partial charge in [0.25, 0.3) is 0 Å². The Morgan fingerprint density at radius 1 is 0.600 bits per heavy atom. The number of rotatable bonds is 4.